The first kappa shape index (κ1) is 18.2. The summed E-state index contributed by atoms with van der Waals surface area (Å²) in [6.07, 6.45) is 0. The fraction of sp³-hybridized carbons (Fsp3) is 0.250. The molecule has 0 spiro atoms. The van der Waals surface area contributed by atoms with Gasteiger partial charge in [0.25, 0.3) is 0 Å². The molecule has 1 atom stereocenters. The number of aromatic nitrogens is 3. The Bertz CT molecular complexity index is 902. The van der Waals surface area contributed by atoms with Crippen molar-refractivity contribution in [1.82, 2.24) is 14.8 Å². The van der Waals surface area contributed by atoms with Gasteiger partial charge in [-0.1, -0.05) is 59.3 Å². The molecular formula is C20H21N3O2S. The van der Waals surface area contributed by atoms with E-state index in [1.54, 1.807) is 6.92 Å². The van der Waals surface area contributed by atoms with E-state index in [1.165, 1.54) is 30.0 Å². The minimum absolute atomic E-state index is 0.287. The zero-order valence-corrected chi connectivity index (χ0v) is 16.1. The van der Waals surface area contributed by atoms with Crippen molar-refractivity contribution in [2.24, 2.45) is 0 Å². The molecule has 0 radical (unpaired) electrons. The molecule has 6 heteroatoms. The second-order valence-corrected chi connectivity index (χ2v) is 7.43. The molecule has 0 bridgehead atoms. The Labute approximate surface area is 157 Å². The molecule has 0 N–H and O–H groups in total. The maximum Gasteiger partial charge on any atom is 0.318 e. The van der Waals surface area contributed by atoms with Gasteiger partial charge in [0.1, 0.15) is 5.25 Å². The molecule has 1 heterocycles. The number of benzene rings is 2. The maximum atomic E-state index is 11.8. The molecule has 26 heavy (non-hydrogen) atoms. The van der Waals surface area contributed by atoms with E-state index >= 15 is 0 Å². The van der Waals surface area contributed by atoms with Gasteiger partial charge >= 0.3 is 5.97 Å². The monoisotopic (exact) mass is 367 g/mol. The van der Waals surface area contributed by atoms with Crippen LogP contribution in [-0.4, -0.2) is 33.1 Å². The number of methoxy groups -OCH3 is 1. The molecule has 3 rings (SSSR count). The third-order valence-corrected chi connectivity index (χ3v) is 5.07. The molecule has 0 unspecified atom stereocenters. The Morgan fingerprint density at radius 1 is 1.00 bits per heavy atom. The topological polar surface area (TPSA) is 57.0 Å². The summed E-state index contributed by atoms with van der Waals surface area (Å²) in [6, 6.07) is 16.3. The molecule has 0 saturated heterocycles. The highest BCUT2D eigenvalue weighted by Crippen LogP contribution is 2.30. The molecule has 0 aliphatic heterocycles. The van der Waals surface area contributed by atoms with E-state index in [-0.39, 0.29) is 11.2 Å². The van der Waals surface area contributed by atoms with Gasteiger partial charge < -0.3 is 4.74 Å². The zero-order valence-electron chi connectivity index (χ0n) is 15.3. The summed E-state index contributed by atoms with van der Waals surface area (Å²) in [5.41, 5.74) is 4.29. The minimum Gasteiger partial charge on any atom is -0.468 e. The highest BCUT2D eigenvalue weighted by molar-refractivity contribution is 8.00. The predicted octanol–water partition coefficient (Wildman–Crippen LogP) is 4.20. The first-order chi connectivity index (χ1) is 12.5. The number of aryl methyl sites for hydroxylation is 2. The number of ether oxygens (including phenoxy) is 1. The lowest BCUT2D eigenvalue weighted by Gasteiger charge is -2.13. The quantitative estimate of drug-likeness (QED) is 0.499. The SMILES string of the molecule is COC(=O)[C@H](C)Sc1nnc(-c2ccc(C)cc2)n1-c1ccc(C)cc1. The van der Waals surface area contributed by atoms with E-state index in [4.69, 9.17) is 4.74 Å². The van der Waals surface area contributed by atoms with Crippen LogP contribution in [-0.2, 0) is 9.53 Å². The van der Waals surface area contributed by atoms with E-state index in [9.17, 15) is 4.79 Å². The summed E-state index contributed by atoms with van der Waals surface area (Å²) in [5.74, 6) is 0.457. The lowest BCUT2D eigenvalue weighted by molar-refractivity contribution is -0.139. The molecule has 1 aromatic heterocycles. The third kappa shape index (κ3) is 3.80. The third-order valence-electron chi connectivity index (χ3n) is 4.05. The van der Waals surface area contributed by atoms with Crippen molar-refractivity contribution in [3.63, 3.8) is 0 Å². The fourth-order valence-corrected chi connectivity index (χ4v) is 3.43. The summed E-state index contributed by atoms with van der Waals surface area (Å²) < 4.78 is 6.81. The summed E-state index contributed by atoms with van der Waals surface area (Å²) >= 11 is 1.34. The van der Waals surface area contributed by atoms with Crippen LogP contribution in [0.5, 0.6) is 0 Å². The molecule has 134 valence electrons. The van der Waals surface area contributed by atoms with Crippen LogP contribution in [0.15, 0.2) is 53.7 Å². The van der Waals surface area contributed by atoms with Gasteiger partial charge in [0.2, 0.25) is 0 Å². The molecule has 0 fully saturated rings. The predicted molar refractivity (Wildman–Crippen MR) is 104 cm³/mol. The summed E-state index contributed by atoms with van der Waals surface area (Å²) in [5, 5.41) is 9.01. The van der Waals surface area contributed by atoms with Gasteiger partial charge in [0, 0.05) is 11.3 Å². The van der Waals surface area contributed by atoms with Crippen molar-refractivity contribution in [3.05, 3.63) is 59.7 Å². The average molecular weight is 367 g/mol. The molecule has 3 aromatic rings. The molecule has 0 aliphatic rings. The van der Waals surface area contributed by atoms with E-state index < -0.39 is 0 Å². The fourth-order valence-electron chi connectivity index (χ4n) is 2.53. The normalized spacial score (nSPS) is 12.0. The van der Waals surface area contributed by atoms with E-state index in [1.807, 2.05) is 66.9 Å². The molecular weight excluding hydrogens is 346 g/mol. The maximum absolute atomic E-state index is 11.8. The minimum atomic E-state index is -0.376. The van der Waals surface area contributed by atoms with Crippen LogP contribution in [0, 0.1) is 13.8 Å². The first-order valence-corrected chi connectivity index (χ1v) is 9.21. The van der Waals surface area contributed by atoms with Gasteiger partial charge in [0.05, 0.1) is 7.11 Å². The zero-order chi connectivity index (χ0) is 18.7. The number of carbonyl (C=O) groups is 1. The van der Waals surface area contributed by atoms with Crippen molar-refractivity contribution < 1.29 is 9.53 Å². The van der Waals surface area contributed by atoms with Gasteiger partial charge in [-0.15, -0.1) is 10.2 Å². The number of esters is 1. The Hall–Kier alpha value is -2.60. The van der Waals surface area contributed by atoms with Crippen LogP contribution in [0.2, 0.25) is 0 Å². The van der Waals surface area contributed by atoms with Crippen LogP contribution in [0.4, 0.5) is 0 Å². The average Bonchev–Trinajstić information content (AvgIpc) is 3.05. The number of nitrogens with zero attached hydrogens (tertiary/aromatic N) is 3. The van der Waals surface area contributed by atoms with Crippen molar-refractivity contribution in [1.29, 1.82) is 0 Å². The number of hydrogen-bond donors (Lipinski definition) is 0. The summed E-state index contributed by atoms with van der Waals surface area (Å²) in [7, 11) is 1.39. The smallest absolute Gasteiger partial charge is 0.318 e. The van der Waals surface area contributed by atoms with Gasteiger partial charge in [0.15, 0.2) is 11.0 Å². The van der Waals surface area contributed by atoms with Crippen LogP contribution in [0.1, 0.15) is 18.1 Å². The van der Waals surface area contributed by atoms with Crippen LogP contribution in [0.3, 0.4) is 0 Å². The van der Waals surface area contributed by atoms with Gasteiger partial charge in [-0.2, -0.15) is 0 Å². The van der Waals surface area contributed by atoms with Crippen molar-refractivity contribution in [3.8, 4) is 17.1 Å². The molecule has 2 aromatic carbocycles. The van der Waals surface area contributed by atoms with Gasteiger partial charge in [-0.3, -0.25) is 9.36 Å². The number of rotatable bonds is 5. The molecule has 0 saturated carbocycles. The number of thioether (sulfide) groups is 1. The molecule has 0 aliphatic carbocycles. The van der Waals surface area contributed by atoms with Crippen molar-refractivity contribution in [2.45, 2.75) is 31.2 Å². The lowest BCUT2D eigenvalue weighted by atomic mass is 10.1. The number of carbonyl (C=O) groups excluding carboxylic acids is 1. The van der Waals surface area contributed by atoms with Crippen LogP contribution >= 0.6 is 11.8 Å². The van der Waals surface area contributed by atoms with Crippen molar-refractivity contribution in [2.75, 3.05) is 7.11 Å². The Morgan fingerprint density at radius 3 is 2.15 bits per heavy atom. The highest BCUT2D eigenvalue weighted by Gasteiger charge is 2.22. The summed E-state index contributed by atoms with van der Waals surface area (Å²) in [4.78, 5) is 11.8. The van der Waals surface area contributed by atoms with E-state index in [2.05, 4.69) is 10.2 Å². The van der Waals surface area contributed by atoms with Crippen LogP contribution in [0.25, 0.3) is 17.1 Å². The number of hydrogen-bond acceptors (Lipinski definition) is 5. The largest absolute Gasteiger partial charge is 0.468 e. The Morgan fingerprint density at radius 2 is 1.58 bits per heavy atom. The lowest BCUT2D eigenvalue weighted by Crippen LogP contribution is -2.15. The van der Waals surface area contributed by atoms with Gasteiger partial charge in [-0.05, 0) is 32.9 Å². The van der Waals surface area contributed by atoms with Gasteiger partial charge in [-0.25, -0.2) is 0 Å². The van der Waals surface area contributed by atoms with E-state index in [0.717, 1.165) is 17.1 Å². The second kappa shape index (κ2) is 7.74. The second-order valence-electron chi connectivity index (χ2n) is 6.13. The Balaban J connectivity index is 2.09. The molecule has 0 amide bonds. The Kier molecular flexibility index (Phi) is 5.42. The van der Waals surface area contributed by atoms with Crippen LogP contribution < -0.4 is 0 Å². The van der Waals surface area contributed by atoms with Crippen molar-refractivity contribution >= 4 is 17.7 Å². The first-order valence-electron chi connectivity index (χ1n) is 8.33. The highest BCUT2D eigenvalue weighted by atomic mass is 32.2. The van der Waals surface area contributed by atoms with E-state index in [0.29, 0.717) is 5.16 Å². The summed E-state index contributed by atoms with van der Waals surface area (Å²) in [6.45, 7) is 5.90. The standard InChI is InChI=1S/C20H21N3O2S/c1-13-5-9-16(10-6-13)18-21-22-20(26-15(3)19(24)25-4)23(18)17-11-7-14(2)8-12-17/h5-12,15H,1-4H3/t15-/m0/s1. The molecule has 5 nitrogen and oxygen atoms in total.